The summed E-state index contributed by atoms with van der Waals surface area (Å²) < 4.78 is 7.04. The van der Waals surface area contributed by atoms with E-state index in [4.69, 9.17) is 4.42 Å². The number of carbonyl (C=O) groups excluding carboxylic acids is 1. The summed E-state index contributed by atoms with van der Waals surface area (Å²) in [5.74, 6) is 0.714. The van der Waals surface area contributed by atoms with Crippen LogP contribution in [0.5, 0.6) is 0 Å². The largest absolute Gasteiger partial charge is 0.468 e. The zero-order chi connectivity index (χ0) is 20.4. The Morgan fingerprint density at radius 3 is 2.97 bits per heavy atom. The van der Waals surface area contributed by atoms with Crippen LogP contribution in [-0.2, 0) is 24.2 Å². The molecule has 7 nitrogen and oxygen atoms in total. The number of hydrogen-bond acceptors (Lipinski definition) is 6. The lowest BCUT2D eigenvalue weighted by molar-refractivity contribution is -0.121. The Morgan fingerprint density at radius 1 is 1.38 bits per heavy atom. The third-order valence-electron chi connectivity index (χ3n) is 5.51. The molecule has 8 heteroatoms. The molecule has 3 aromatic heterocycles. The SMILES string of the molecule is CN(C)C(CNC(=O)CCn1cnc2sc3c(c2c1=O)CCCC3)c1ccco1. The standard InChI is InChI=1S/C21H26N4O3S/c1-24(2)15(16-7-5-11-28-16)12-22-18(26)9-10-25-13-23-20-19(21(25)27)14-6-3-4-8-17(14)29-20/h5,7,11,13,15H,3-4,6,8-10,12H2,1-2H3,(H,22,26). The van der Waals surface area contributed by atoms with Crippen molar-refractivity contribution in [3.8, 4) is 0 Å². The lowest BCUT2D eigenvalue weighted by Crippen LogP contribution is -2.35. The van der Waals surface area contributed by atoms with Gasteiger partial charge in [-0.25, -0.2) is 4.98 Å². The van der Waals surface area contributed by atoms with Gasteiger partial charge in [0.05, 0.1) is 24.0 Å². The first-order valence-corrected chi connectivity index (χ1v) is 10.8. The summed E-state index contributed by atoms with van der Waals surface area (Å²) in [7, 11) is 3.89. The fourth-order valence-electron chi connectivity index (χ4n) is 3.88. The van der Waals surface area contributed by atoms with Gasteiger partial charge in [0.15, 0.2) is 0 Å². The second-order valence-electron chi connectivity index (χ2n) is 7.68. The summed E-state index contributed by atoms with van der Waals surface area (Å²) in [5, 5.41) is 3.71. The highest BCUT2D eigenvalue weighted by Crippen LogP contribution is 2.33. The van der Waals surface area contributed by atoms with Crippen molar-refractivity contribution in [2.75, 3.05) is 20.6 Å². The predicted molar refractivity (Wildman–Crippen MR) is 113 cm³/mol. The third kappa shape index (κ3) is 4.13. The van der Waals surface area contributed by atoms with Crippen LogP contribution in [0.25, 0.3) is 10.2 Å². The Bertz CT molecular complexity index is 1050. The summed E-state index contributed by atoms with van der Waals surface area (Å²) >= 11 is 1.64. The first-order valence-electron chi connectivity index (χ1n) is 10.0. The summed E-state index contributed by atoms with van der Waals surface area (Å²) in [6.45, 7) is 0.773. The van der Waals surface area contributed by atoms with Gasteiger partial charge in [0.2, 0.25) is 5.91 Å². The quantitative estimate of drug-likeness (QED) is 0.643. The number of carbonyl (C=O) groups is 1. The van der Waals surface area contributed by atoms with E-state index >= 15 is 0 Å². The van der Waals surface area contributed by atoms with Gasteiger partial charge in [0.25, 0.3) is 5.56 Å². The van der Waals surface area contributed by atoms with Crippen LogP contribution in [0.15, 0.2) is 33.9 Å². The molecule has 1 aliphatic carbocycles. The number of aromatic nitrogens is 2. The maximum atomic E-state index is 13.0. The van der Waals surface area contributed by atoms with E-state index in [1.54, 1.807) is 28.5 Å². The maximum absolute atomic E-state index is 13.0. The van der Waals surface area contributed by atoms with Crippen molar-refractivity contribution in [3.63, 3.8) is 0 Å². The number of rotatable bonds is 7. The molecule has 154 valence electrons. The van der Waals surface area contributed by atoms with E-state index in [0.717, 1.165) is 35.2 Å². The van der Waals surface area contributed by atoms with Crippen LogP contribution >= 0.6 is 11.3 Å². The van der Waals surface area contributed by atoms with E-state index in [-0.39, 0.29) is 23.9 Å². The van der Waals surface area contributed by atoms with Crippen LogP contribution in [0.3, 0.4) is 0 Å². The van der Waals surface area contributed by atoms with Crippen molar-refractivity contribution in [1.82, 2.24) is 19.8 Å². The summed E-state index contributed by atoms with van der Waals surface area (Å²) in [4.78, 5) is 34.0. The summed E-state index contributed by atoms with van der Waals surface area (Å²) in [6.07, 6.45) is 7.74. The molecule has 0 saturated carbocycles. The van der Waals surface area contributed by atoms with Gasteiger partial charge in [-0.3, -0.25) is 19.1 Å². The zero-order valence-corrected chi connectivity index (χ0v) is 17.6. The van der Waals surface area contributed by atoms with Gasteiger partial charge in [0, 0.05) is 24.4 Å². The van der Waals surface area contributed by atoms with Gasteiger partial charge in [-0.15, -0.1) is 11.3 Å². The van der Waals surface area contributed by atoms with E-state index in [0.29, 0.717) is 13.1 Å². The molecule has 3 heterocycles. The fraction of sp³-hybridized carbons (Fsp3) is 0.476. The van der Waals surface area contributed by atoms with Crippen molar-refractivity contribution < 1.29 is 9.21 Å². The minimum Gasteiger partial charge on any atom is -0.468 e. The van der Waals surface area contributed by atoms with E-state index in [9.17, 15) is 9.59 Å². The maximum Gasteiger partial charge on any atom is 0.262 e. The number of nitrogens with one attached hydrogen (secondary N) is 1. The average molecular weight is 415 g/mol. The van der Waals surface area contributed by atoms with Gasteiger partial charge in [-0.2, -0.15) is 0 Å². The van der Waals surface area contributed by atoms with Crippen LogP contribution in [0.1, 0.15) is 41.5 Å². The molecule has 4 rings (SSSR count). The number of likely N-dealkylation sites (N-methyl/N-ethyl adjacent to an activating group) is 1. The minimum absolute atomic E-state index is 0.0241. The van der Waals surface area contributed by atoms with Crippen LogP contribution in [-0.4, -0.2) is 41.0 Å². The van der Waals surface area contributed by atoms with Gasteiger partial charge in [-0.05, 0) is 57.5 Å². The van der Waals surface area contributed by atoms with Crippen molar-refractivity contribution in [1.29, 1.82) is 0 Å². The molecule has 0 aliphatic heterocycles. The number of aryl methyl sites for hydroxylation is 3. The highest BCUT2D eigenvalue weighted by Gasteiger charge is 2.21. The minimum atomic E-state index is -0.0947. The second kappa shape index (κ2) is 8.51. The predicted octanol–water partition coefficient (Wildman–Crippen LogP) is 2.74. The van der Waals surface area contributed by atoms with Crippen molar-refractivity contribution >= 4 is 27.5 Å². The molecule has 3 aromatic rings. The number of nitrogens with zero attached hydrogens (tertiary/aromatic N) is 3. The molecule has 1 amide bonds. The molecule has 0 aromatic carbocycles. The molecule has 0 radical (unpaired) electrons. The summed E-state index contributed by atoms with van der Waals surface area (Å²) in [5.41, 5.74) is 1.16. The van der Waals surface area contributed by atoms with Crippen LogP contribution < -0.4 is 10.9 Å². The van der Waals surface area contributed by atoms with E-state index in [1.807, 2.05) is 31.1 Å². The zero-order valence-electron chi connectivity index (χ0n) is 16.8. The molecule has 1 unspecified atom stereocenters. The van der Waals surface area contributed by atoms with E-state index < -0.39 is 0 Å². The van der Waals surface area contributed by atoms with Crippen LogP contribution in [0, 0.1) is 0 Å². The lowest BCUT2D eigenvalue weighted by Gasteiger charge is -2.22. The third-order valence-corrected chi connectivity index (χ3v) is 6.71. The second-order valence-corrected chi connectivity index (χ2v) is 8.77. The normalized spacial score (nSPS) is 14.9. The molecule has 0 spiro atoms. The van der Waals surface area contributed by atoms with Gasteiger partial charge in [0.1, 0.15) is 10.6 Å². The van der Waals surface area contributed by atoms with Gasteiger partial charge < -0.3 is 9.73 Å². The first kappa shape index (κ1) is 19.8. The highest BCUT2D eigenvalue weighted by atomic mass is 32.1. The molecule has 1 aliphatic rings. The summed E-state index contributed by atoms with van der Waals surface area (Å²) in [6, 6.07) is 3.71. The number of fused-ring (bicyclic) bond motifs is 3. The number of thiophene rings is 1. The molecule has 0 saturated heterocycles. The fourth-order valence-corrected chi connectivity index (χ4v) is 5.10. The molecule has 0 fully saturated rings. The highest BCUT2D eigenvalue weighted by molar-refractivity contribution is 7.18. The lowest BCUT2D eigenvalue weighted by atomic mass is 9.97. The van der Waals surface area contributed by atoms with Crippen molar-refractivity contribution in [2.24, 2.45) is 0 Å². The Morgan fingerprint density at radius 2 is 2.21 bits per heavy atom. The van der Waals surface area contributed by atoms with E-state index in [2.05, 4.69) is 10.3 Å². The molecule has 0 bridgehead atoms. The topological polar surface area (TPSA) is 80.4 Å². The van der Waals surface area contributed by atoms with Crippen LogP contribution in [0.4, 0.5) is 0 Å². The molecule has 29 heavy (non-hydrogen) atoms. The Balaban J connectivity index is 1.41. The first-order chi connectivity index (χ1) is 14.0. The molecular weight excluding hydrogens is 388 g/mol. The number of hydrogen-bond donors (Lipinski definition) is 1. The molecular formula is C21H26N4O3S. The van der Waals surface area contributed by atoms with Gasteiger partial charge in [-0.1, -0.05) is 0 Å². The average Bonchev–Trinajstić information content (AvgIpc) is 3.35. The monoisotopic (exact) mass is 414 g/mol. The smallest absolute Gasteiger partial charge is 0.262 e. The Hall–Kier alpha value is -2.45. The number of amides is 1. The van der Waals surface area contributed by atoms with Crippen molar-refractivity contribution in [2.45, 2.75) is 44.7 Å². The van der Waals surface area contributed by atoms with E-state index in [1.165, 1.54) is 16.9 Å². The molecule has 1 N–H and O–H groups in total. The molecule has 1 atom stereocenters. The van der Waals surface area contributed by atoms with Crippen molar-refractivity contribution in [3.05, 3.63) is 51.3 Å². The number of furan rings is 1. The Labute approximate surface area is 173 Å². The van der Waals surface area contributed by atoms with Crippen LogP contribution in [0.2, 0.25) is 0 Å². The Kier molecular flexibility index (Phi) is 5.82. The van der Waals surface area contributed by atoms with Gasteiger partial charge >= 0.3 is 0 Å².